The van der Waals surface area contributed by atoms with Crippen LogP contribution in [0.1, 0.15) is 30.9 Å². The maximum Gasteiger partial charge on any atom is 0.289 e. The Hall–Kier alpha value is -3.42. The van der Waals surface area contributed by atoms with Crippen LogP contribution in [0.3, 0.4) is 0 Å². The largest absolute Gasteiger partial charge is 0.347 e. The van der Waals surface area contributed by atoms with Crippen molar-refractivity contribution in [2.24, 2.45) is 0 Å². The van der Waals surface area contributed by atoms with E-state index in [-0.39, 0.29) is 28.8 Å². The average molecular weight is 367 g/mol. The molecule has 1 heterocycles. The van der Waals surface area contributed by atoms with Gasteiger partial charge >= 0.3 is 0 Å². The Morgan fingerprint density at radius 2 is 2.00 bits per heavy atom. The number of carbonyl (C=O) groups is 1. The summed E-state index contributed by atoms with van der Waals surface area (Å²) in [5, 5.41) is 14.3. The number of hydrogen-bond acceptors (Lipinski definition) is 5. The third kappa shape index (κ3) is 3.74. The van der Waals surface area contributed by atoms with E-state index in [1.165, 1.54) is 0 Å². The lowest BCUT2D eigenvalue weighted by molar-refractivity contribution is -0.384. The van der Waals surface area contributed by atoms with Gasteiger partial charge in [0.05, 0.1) is 16.1 Å². The molecule has 0 fully saturated rings. The first-order valence-electron chi connectivity index (χ1n) is 8.42. The number of benzene rings is 2. The molecule has 1 unspecified atom stereocenters. The number of nitrogens with one attached hydrogen (secondary N) is 1. The number of nitrogens with zero attached hydrogens (tertiary/aromatic N) is 3. The summed E-state index contributed by atoms with van der Waals surface area (Å²) in [5.41, 5.74) is 0.263. The van der Waals surface area contributed by atoms with Gasteiger partial charge in [0.2, 0.25) is 5.82 Å². The lowest BCUT2D eigenvalue weighted by Gasteiger charge is -2.12. The molecular formula is C19H17FN4O3. The van der Waals surface area contributed by atoms with Crippen molar-refractivity contribution < 1.29 is 14.1 Å². The first-order chi connectivity index (χ1) is 12.9. The SMILES string of the molecule is CCC(C)NC(=O)c1nc(-c2cc([N+](=O)[O-])ccc2[18F])c2ccccc2n1. The van der Waals surface area contributed by atoms with Crippen LogP contribution in [0.4, 0.5) is 10.1 Å². The van der Waals surface area contributed by atoms with Crippen molar-refractivity contribution in [3.05, 3.63) is 64.2 Å². The van der Waals surface area contributed by atoms with Crippen molar-refractivity contribution >= 4 is 22.5 Å². The third-order valence-corrected chi connectivity index (χ3v) is 4.21. The van der Waals surface area contributed by atoms with Gasteiger partial charge in [-0.1, -0.05) is 25.1 Å². The van der Waals surface area contributed by atoms with Crippen LogP contribution in [0.15, 0.2) is 42.5 Å². The summed E-state index contributed by atoms with van der Waals surface area (Å²) >= 11 is 0. The lowest BCUT2D eigenvalue weighted by Crippen LogP contribution is -2.33. The average Bonchev–Trinajstić information content (AvgIpc) is 2.67. The van der Waals surface area contributed by atoms with Crippen LogP contribution < -0.4 is 5.32 Å². The summed E-state index contributed by atoms with van der Waals surface area (Å²) in [4.78, 5) is 31.4. The smallest absolute Gasteiger partial charge is 0.289 e. The van der Waals surface area contributed by atoms with E-state index in [9.17, 15) is 19.3 Å². The maximum atomic E-state index is 14.5. The van der Waals surface area contributed by atoms with Gasteiger partial charge in [0.15, 0.2) is 0 Å². The van der Waals surface area contributed by atoms with Gasteiger partial charge in [-0.25, -0.2) is 14.4 Å². The van der Waals surface area contributed by atoms with Gasteiger partial charge in [-0.3, -0.25) is 14.9 Å². The standard InChI is InChI=1S/C19H17FN4O3/c1-3-11(2)21-19(25)18-22-16-7-5-4-6-13(16)17(23-18)14-10-12(24(26)27)8-9-15(14)20/h4-11H,3H2,1-2H3,(H,21,25)/i20-1. The number of rotatable bonds is 5. The van der Waals surface area contributed by atoms with E-state index in [0.717, 1.165) is 24.6 Å². The predicted octanol–water partition coefficient (Wildman–Crippen LogP) is 3.87. The molecular weight excluding hydrogens is 350 g/mol. The second kappa shape index (κ2) is 7.45. The Bertz CT molecular complexity index is 1040. The molecule has 0 bridgehead atoms. The normalized spacial score (nSPS) is 12.0. The highest BCUT2D eigenvalue weighted by Crippen LogP contribution is 2.30. The summed E-state index contributed by atoms with van der Waals surface area (Å²) in [6.07, 6.45) is 0.728. The van der Waals surface area contributed by atoms with E-state index in [1.54, 1.807) is 24.3 Å². The molecule has 7 nitrogen and oxygen atoms in total. The monoisotopic (exact) mass is 367 g/mol. The molecule has 3 rings (SSSR count). The molecule has 0 aliphatic rings. The molecule has 0 spiro atoms. The molecule has 27 heavy (non-hydrogen) atoms. The molecule has 0 aliphatic carbocycles. The Morgan fingerprint density at radius 1 is 1.26 bits per heavy atom. The number of amides is 1. The van der Waals surface area contributed by atoms with Crippen molar-refractivity contribution in [2.45, 2.75) is 26.3 Å². The number of hydrogen-bond donors (Lipinski definition) is 1. The van der Waals surface area contributed by atoms with E-state index >= 15 is 0 Å². The highest BCUT2D eigenvalue weighted by Gasteiger charge is 2.20. The Labute approximate surface area is 154 Å². The van der Waals surface area contributed by atoms with Crippen LogP contribution in [0.2, 0.25) is 0 Å². The van der Waals surface area contributed by atoms with E-state index in [1.807, 2.05) is 13.8 Å². The molecule has 8 heteroatoms. The number of fused-ring (bicyclic) bond motifs is 1. The van der Waals surface area contributed by atoms with Gasteiger partial charge in [-0.2, -0.15) is 0 Å². The molecule has 3 aromatic rings. The van der Waals surface area contributed by atoms with Crippen LogP contribution in [0.25, 0.3) is 22.2 Å². The number of carbonyl (C=O) groups excluding carboxylic acids is 1. The quantitative estimate of drug-likeness (QED) is 0.545. The van der Waals surface area contributed by atoms with Gasteiger partial charge in [0, 0.05) is 29.1 Å². The Kier molecular flexibility index (Phi) is 5.07. The summed E-state index contributed by atoms with van der Waals surface area (Å²) in [6, 6.07) is 9.95. The molecule has 1 aromatic heterocycles. The lowest BCUT2D eigenvalue weighted by atomic mass is 10.0. The first kappa shape index (κ1) is 18.4. The first-order valence-corrected chi connectivity index (χ1v) is 8.42. The fourth-order valence-electron chi connectivity index (χ4n) is 2.58. The molecule has 0 saturated carbocycles. The van der Waals surface area contributed by atoms with Crippen LogP contribution in [-0.4, -0.2) is 26.8 Å². The minimum atomic E-state index is -0.669. The van der Waals surface area contributed by atoms with Crippen LogP contribution in [-0.2, 0) is 0 Å². The molecule has 1 atom stereocenters. The molecule has 2 aromatic carbocycles. The van der Waals surface area contributed by atoms with E-state index in [0.29, 0.717) is 10.9 Å². The number of para-hydroxylation sites is 1. The number of non-ortho nitro benzene ring substituents is 1. The molecule has 1 N–H and O–H groups in total. The fraction of sp³-hybridized carbons (Fsp3) is 0.211. The van der Waals surface area contributed by atoms with Crippen LogP contribution in [0, 0.1) is 15.9 Å². The minimum Gasteiger partial charge on any atom is -0.347 e. The summed E-state index contributed by atoms with van der Waals surface area (Å²) in [5.74, 6) is -1.27. The van der Waals surface area contributed by atoms with Crippen molar-refractivity contribution in [3.8, 4) is 11.3 Å². The van der Waals surface area contributed by atoms with Gasteiger partial charge in [0.1, 0.15) is 5.82 Å². The van der Waals surface area contributed by atoms with E-state index < -0.39 is 16.6 Å². The summed E-state index contributed by atoms with van der Waals surface area (Å²) in [6.45, 7) is 3.77. The van der Waals surface area contributed by atoms with Crippen molar-refractivity contribution in [2.75, 3.05) is 0 Å². The zero-order chi connectivity index (χ0) is 19.6. The maximum absolute atomic E-state index is 14.5. The van der Waals surface area contributed by atoms with Gasteiger partial charge in [0.25, 0.3) is 11.6 Å². The van der Waals surface area contributed by atoms with Gasteiger partial charge in [-0.15, -0.1) is 0 Å². The van der Waals surface area contributed by atoms with Gasteiger partial charge < -0.3 is 5.32 Å². The number of nitro groups is 1. The highest BCUT2D eigenvalue weighted by atomic mass is 18.2. The number of halogens is 1. The van der Waals surface area contributed by atoms with Crippen molar-refractivity contribution in [1.82, 2.24) is 15.3 Å². The van der Waals surface area contributed by atoms with E-state index in [4.69, 9.17) is 0 Å². The molecule has 1 amide bonds. The molecule has 0 aliphatic heterocycles. The summed E-state index contributed by atoms with van der Waals surface area (Å²) < 4.78 is 14.5. The molecule has 138 valence electrons. The Balaban J connectivity index is 2.22. The molecule has 0 radical (unpaired) electrons. The second-order valence-corrected chi connectivity index (χ2v) is 6.12. The van der Waals surface area contributed by atoms with Crippen LogP contribution in [0.5, 0.6) is 0 Å². The second-order valence-electron chi connectivity index (χ2n) is 6.12. The highest BCUT2D eigenvalue weighted by molar-refractivity contribution is 5.98. The van der Waals surface area contributed by atoms with Crippen LogP contribution >= 0.6 is 0 Å². The minimum absolute atomic E-state index is 0.0552. The predicted molar refractivity (Wildman–Crippen MR) is 98.8 cm³/mol. The number of aromatic nitrogens is 2. The Morgan fingerprint density at radius 3 is 2.70 bits per heavy atom. The number of nitro benzene ring substituents is 1. The topological polar surface area (TPSA) is 98.0 Å². The fourth-order valence-corrected chi connectivity index (χ4v) is 2.58. The summed E-state index contributed by atoms with van der Waals surface area (Å²) in [7, 11) is 0. The zero-order valence-corrected chi connectivity index (χ0v) is 14.8. The molecule has 0 saturated heterocycles. The van der Waals surface area contributed by atoms with Gasteiger partial charge in [-0.05, 0) is 25.5 Å². The van der Waals surface area contributed by atoms with Crippen molar-refractivity contribution in [3.63, 3.8) is 0 Å². The van der Waals surface area contributed by atoms with Crippen molar-refractivity contribution in [1.29, 1.82) is 0 Å². The van der Waals surface area contributed by atoms with E-state index in [2.05, 4.69) is 15.3 Å². The third-order valence-electron chi connectivity index (χ3n) is 4.21. The zero-order valence-electron chi connectivity index (χ0n) is 14.8.